The van der Waals surface area contributed by atoms with Crippen molar-refractivity contribution in [1.29, 1.82) is 0 Å². The smallest absolute Gasteiger partial charge is 0.230 e. The van der Waals surface area contributed by atoms with Crippen LogP contribution in [0.5, 0.6) is 0 Å². The number of Topliss-reactive ketones (excluding diaryl/α,β-unsaturated/α-hetero) is 1. The van der Waals surface area contributed by atoms with E-state index in [9.17, 15) is 9.59 Å². The summed E-state index contributed by atoms with van der Waals surface area (Å²) in [6.07, 6.45) is 1.03. The topological polar surface area (TPSA) is 76.3 Å². The minimum Gasteiger partial charge on any atom is -0.341 e. The molecule has 1 amide bonds. The second-order valence-corrected chi connectivity index (χ2v) is 3.83. The maximum absolute atomic E-state index is 11.5. The Morgan fingerprint density at radius 2 is 2.25 bits per heavy atom. The minimum atomic E-state index is -0.104. The molecule has 2 heterocycles. The molecule has 16 heavy (non-hydrogen) atoms. The number of aryl methyl sites for hydroxylation is 1. The summed E-state index contributed by atoms with van der Waals surface area (Å²) in [5.74, 6) is 1.04. The first-order valence-electron chi connectivity index (χ1n) is 5.24. The van der Waals surface area contributed by atoms with Crippen molar-refractivity contribution >= 4 is 11.7 Å². The molecule has 6 heteroatoms. The van der Waals surface area contributed by atoms with Gasteiger partial charge < -0.3 is 9.42 Å². The number of likely N-dealkylation sites (tertiary alicyclic amines) is 1. The van der Waals surface area contributed by atoms with Crippen molar-refractivity contribution in [3.05, 3.63) is 11.7 Å². The number of carbonyl (C=O) groups is 2. The van der Waals surface area contributed by atoms with E-state index in [1.807, 2.05) is 0 Å². The van der Waals surface area contributed by atoms with E-state index in [4.69, 9.17) is 4.52 Å². The summed E-state index contributed by atoms with van der Waals surface area (Å²) in [6.45, 7) is 2.79. The van der Waals surface area contributed by atoms with Gasteiger partial charge in [0.05, 0.1) is 6.42 Å². The van der Waals surface area contributed by atoms with Crippen LogP contribution < -0.4 is 0 Å². The number of piperidine rings is 1. The maximum atomic E-state index is 11.5. The Morgan fingerprint density at radius 3 is 2.88 bits per heavy atom. The van der Waals surface area contributed by atoms with Crippen LogP contribution >= 0.6 is 0 Å². The Morgan fingerprint density at radius 1 is 1.44 bits per heavy atom. The summed E-state index contributed by atoms with van der Waals surface area (Å²) in [4.78, 5) is 28.2. The first-order valence-corrected chi connectivity index (χ1v) is 5.24. The third-order valence-electron chi connectivity index (χ3n) is 2.53. The number of aromatic nitrogens is 2. The molecule has 86 valence electrons. The van der Waals surface area contributed by atoms with E-state index in [1.165, 1.54) is 0 Å². The van der Waals surface area contributed by atoms with Crippen molar-refractivity contribution in [2.24, 2.45) is 0 Å². The number of hydrogen-bond acceptors (Lipinski definition) is 5. The minimum absolute atomic E-state index is 0.0230. The Labute approximate surface area is 92.6 Å². The van der Waals surface area contributed by atoms with Gasteiger partial charge in [0, 0.05) is 25.9 Å². The maximum Gasteiger partial charge on any atom is 0.230 e. The van der Waals surface area contributed by atoms with Crippen LogP contribution in [0.15, 0.2) is 4.52 Å². The fourth-order valence-electron chi connectivity index (χ4n) is 1.66. The fourth-order valence-corrected chi connectivity index (χ4v) is 1.66. The molecule has 1 aromatic heterocycles. The van der Waals surface area contributed by atoms with Crippen LogP contribution in [0, 0.1) is 6.92 Å². The van der Waals surface area contributed by atoms with E-state index in [0.717, 1.165) is 0 Å². The van der Waals surface area contributed by atoms with Crippen LogP contribution in [0.1, 0.15) is 24.6 Å². The lowest BCUT2D eigenvalue weighted by Crippen LogP contribution is -2.40. The number of amides is 1. The summed E-state index contributed by atoms with van der Waals surface area (Å²) in [5, 5.41) is 3.67. The lowest BCUT2D eigenvalue weighted by Gasteiger charge is -2.25. The summed E-state index contributed by atoms with van der Waals surface area (Å²) in [5.41, 5.74) is 0. The average molecular weight is 223 g/mol. The highest BCUT2D eigenvalue weighted by Gasteiger charge is 2.23. The highest BCUT2D eigenvalue weighted by molar-refractivity contribution is 6.00. The number of rotatable bonds is 3. The number of nitrogens with zero attached hydrogens (tertiary/aromatic N) is 3. The van der Waals surface area contributed by atoms with E-state index in [-0.39, 0.29) is 18.1 Å². The largest absolute Gasteiger partial charge is 0.341 e. The van der Waals surface area contributed by atoms with Crippen molar-refractivity contribution in [2.45, 2.75) is 26.2 Å². The molecular weight excluding hydrogens is 210 g/mol. The van der Waals surface area contributed by atoms with Crippen LogP contribution in [0.2, 0.25) is 0 Å². The van der Waals surface area contributed by atoms with Crippen LogP contribution in [-0.4, -0.2) is 39.8 Å². The molecule has 1 aliphatic heterocycles. The van der Waals surface area contributed by atoms with Crippen LogP contribution in [-0.2, 0) is 16.0 Å². The summed E-state index contributed by atoms with van der Waals surface area (Å²) in [7, 11) is 0. The monoisotopic (exact) mass is 223 g/mol. The number of carbonyl (C=O) groups excluding carboxylic acids is 2. The van der Waals surface area contributed by atoms with E-state index in [0.29, 0.717) is 37.6 Å². The van der Waals surface area contributed by atoms with E-state index in [1.54, 1.807) is 11.8 Å². The third-order valence-corrected chi connectivity index (χ3v) is 2.53. The summed E-state index contributed by atoms with van der Waals surface area (Å²) < 4.78 is 4.95. The van der Waals surface area contributed by atoms with Crippen molar-refractivity contribution < 1.29 is 14.1 Å². The van der Waals surface area contributed by atoms with Gasteiger partial charge in [-0.05, 0) is 6.92 Å². The molecule has 0 aliphatic carbocycles. The molecule has 0 saturated carbocycles. The molecule has 0 unspecified atom stereocenters. The fraction of sp³-hybridized carbons (Fsp3) is 0.600. The van der Waals surface area contributed by atoms with Crippen molar-refractivity contribution in [2.75, 3.05) is 13.1 Å². The van der Waals surface area contributed by atoms with Gasteiger partial charge in [-0.2, -0.15) is 4.98 Å². The van der Waals surface area contributed by atoms with Gasteiger partial charge in [0.15, 0.2) is 5.82 Å². The van der Waals surface area contributed by atoms with Crippen LogP contribution in [0.4, 0.5) is 0 Å². The van der Waals surface area contributed by atoms with Gasteiger partial charge in [-0.15, -0.1) is 0 Å². The van der Waals surface area contributed by atoms with Gasteiger partial charge >= 0.3 is 0 Å². The molecule has 0 N–H and O–H groups in total. The zero-order chi connectivity index (χ0) is 11.5. The first kappa shape index (κ1) is 10.8. The van der Waals surface area contributed by atoms with Crippen molar-refractivity contribution in [3.63, 3.8) is 0 Å². The normalized spacial score (nSPS) is 16.9. The molecule has 1 aromatic rings. The Balaban J connectivity index is 1.86. The van der Waals surface area contributed by atoms with Gasteiger partial charge in [-0.3, -0.25) is 9.59 Å². The molecule has 0 spiro atoms. The van der Waals surface area contributed by atoms with Gasteiger partial charge in [-0.1, -0.05) is 5.16 Å². The average Bonchev–Trinajstić information content (AvgIpc) is 2.63. The predicted molar refractivity (Wildman–Crippen MR) is 53.6 cm³/mol. The molecule has 1 fully saturated rings. The van der Waals surface area contributed by atoms with Crippen molar-refractivity contribution in [1.82, 2.24) is 15.0 Å². The molecular formula is C10H13N3O3. The number of ketones is 1. The standard InChI is InChI=1S/C10H13N3O3/c1-7-11-9(16-12-7)3-5-13-4-2-8(14)6-10(13)15/h2-6H2,1H3. The van der Waals surface area contributed by atoms with Gasteiger partial charge in [0.2, 0.25) is 11.8 Å². The van der Waals surface area contributed by atoms with Crippen molar-refractivity contribution in [3.8, 4) is 0 Å². The molecule has 0 radical (unpaired) electrons. The lowest BCUT2D eigenvalue weighted by molar-refractivity contribution is -0.139. The highest BCUT2D eigenvalue weighted by atomic mass is 16.5. The molecule has 0 atom stereocenters. The van der Waals surface area contributed by atoms with Crippen LogP contribution in [0.3, 0.4) is 0 Å². The summed E-state index contributed by atoms with van der Waals surface area (Å²) >= 11 is 0. The first-order chi connectivity index (χ1) is 7.65. The van der Waals surface area contributed by atoms with Gasteiger partial charge in [0.25, 0.3) is 0 Å². The van der Waals surface area contributed by atoms with E-state index >= 15 is 0 Å². The van der Waals surface area contributed by atoms with Crippen LogP contribution in [0.25, 0.3) is 0 Å². The summed E-state index contributed by atoms with van der Waals surface area (Å²) in [6, 6.07) is 0. The Hall–Kier alpha value is -1.72. The molecule has 6 nitrogen and oxygen atoms in total. The van der Waals surface area contributed by atoms with E-state index in [2.05, 4.69) is 10.1 Å². The third kappa shape index (κ3) is 2.44. The SMILES string of the molecule is Cc1noc(CCN2CCC(=O)CC2=O)n1. The Kier molecular flexibility index (Phi) is 2.98. The second-order valence-electron chi connectivity index (χ2n) is 3.83. The molecule has 1 saturated heterocycles. The lowest BCUT2D eigenvalue weighted by atomic mass is 10.1. The highest BCUT2D eigenvalue weighted by Crippen LogP contribution is 2.08. The zero-order valence-corrected chi connectivity index (χ0v) is 9.10. The van der Waals surface area contributed by atoms with Gasteiger partial charge in [0.1, 0.15) is 5.78 Å². The Bertz CT molecular complexity index is 413. The molecule has 2 rings (SSSR count). The quantitative estimate of drug-likeness (QED) is 0.680. The zero-order valence-electron chi connectivity index (χ0n) is 9.10. The number of hydrogen-bond donors (Lipinski definition) is 0. The molecule has 1 aliphatic rings. The van der Waals surface area contributed by atoms with Gasteiger partial charge in [-0.25, -0.2) is 0 Å². The molecule has 0 bridgehead atoms. The second kappa shape index (κ2) is 4.42. The molecule has 0 aromatic carbocycles. The predicted octanol–water partition coefficient (Wildman–Crippen LogP) is 0.112. The van der Waals surface area contributed by atoms with E-state index < -0.39 is 0 Å².